The highest BCUT2D eigenvalue weighted by Crippen LogP contribution is 2.43. The normalized spacial score (nSPS) is 21.8. The summed E-state index contributed by atoms with van der Waals surface area (Å²) >= 11 is 0. The van der Waals surface area contributed by atoms with Crippen molar-refractivity contribution in [1.29, 1.82) is 0 Å². The third-order valence-electron chi connectivity index (χ3n) is 5.87. The standard InChI is InChI=1S/C20H21F2N5O5/c1-10(17(23)28)24-11-2-3-12-13(6-11)31-5-4-26-7-14(25-18(12)26)27-15(16(21)22)20(8-30-9-20)32-19(27)29/h2-3,6-7,10,15-16,24H,4-5,8-9H2,1H3,(H2,23,28)/t10-,15?/m0/s1. The number of carbonyl (C=O) groups excluding carboxylic acids is 2. The highest BCUT2D eigenvalue weighted by molar-refractivity contribution is 5.91. The van der Waals surface area contributed by atoms with Gasteiger partial charge in [-0.25, -0.2) is 23.5 Å². The number of hydrogen-bond donors (Lipinski definition) is 2. The van der Waals surface area contributed by atoms with Crippen LogP contribution in [0.3, 0.4) is 0 Å². The molecule has 0 bridgehead atoms. The molecule has 2 amide bonds. The zero-order chi connectivity index (χ0) is 22.6. The molecule has 1 unspecified atom stereocenters. The van der Waals surface area contributed by atoms with Crippen LogP contribution in [-0.4, -0.2) is 65.5 Å². The Labute approximate surface area is 181 Å². The molecule has 2 aromatic rings. The van der Waals surface area contributed by atoms with Crippen molar-refractivity contribution in [3.05, 3.63) is 24.4 Å². The molecule has 10 nitrogen and oxygen atoms in total. The van der Waals surface area contributed by atoms with Crippen molar-refractivity contribution in [2.45, 2.75) is 37.6 Å². The average molecular weight is 449 g/mol. The maximum absolute atomic E-state index is 13.9. The largest absolute Gasteiger partial charge is 0.491 e. The molecule has 1 spiro atoms. The third-order valence-corrected chi connectivity index (χ3v) is 5.87. The molecule has 12 heteroatoms. The van der Waals surface area contributed by atoms with Crippen LogP contribution in [0.5, 0.6) is 5.75 Å². The van der Waals surface area contributed by atoms with Gasteiger partial charge >= 0.3 is 6.09 Å². The fourth-order valence-electron chi connectivity index (χ4n) is 4.14. The summed E-state index contributed by atoms with van der Waals surface area (Å²) in [6.45, 7) is 2.18. The predicted octanol–water partition coefficient (Wildman–Crippen LogP) is 1.59. The van der Waals surface area contributed by atoms with E-state index in [1.165, 1.54) is 0 Å². The monoisotopic (exact) mass is 449 g/mol. The molecule has 0 aliphatic carbocycles. The minimum Gasteiger partial charge on any atom is -0.491 e. The number of ether oxygens (including phenoxy) is 3. The van der Waals surface area contributed by atoms with E-state index in [9.17, 15) is 18.4 Å². The Morgan fingerprint density at radius 2 is 2.16 bits per heavy atom. The molecule has 5 rings (SSSR count). The lowest BCUT2D eigenvalue weighted by Gasteiger charge is -2.40. The molecule has 170 valence electrons. The summed E-state index contributed by atoms with van der Waals surface area (Å²) in [5, 5.41) is 2.99. The third kappa shape index (κ3) is 3.13. The van der Waals surface area contributed by atoms with Crippen LogP contribution >= 0.6 is 0 Å². The first-order valence-corrected chi connectivity index (χ1v) is 10.1. The van der Waals surface area contributed by atoms with E-state index < -0.39 is 36.1 Å². The summed E-state index contributed by atoms with van der Waals surface area (Å²) < 4.78 is 45.8. The Hall–Kier alpha value is -3.41. The van der Waals surface area contributed by atoms with Crippen LogP contribution in [0, 0.1) is 0 Å². The van der Waals surface area contributed by atoms with Gasteiger partial charge in [0.2, 0.25) is 5.91 Å². The number of benzene rings is 1. The molecule has 3 aliphatic rings. The Bertz CT molecular complexity index is 1090. The number of hydrogen-bond acceptors (Lipinski definition) is 7. The van der Waals surface area contributed by atoms with Gasteiger partial charge in [-0.2, -0.15) is 0 Å². The van der Waals surface area contributed by atoms with Crippen LogP contribution in [0.1, 0.15) is 6.92 Å². The molecule has 2 saturated heterocycles. The number of primary amides is 1. The van der Waals surface area contributed by atoms with Crippen LogP contribution in [-0.2, 0) is 20.8 Å². The number of alkyl halides is 2. The van der Waals surface area contributed by atoms with Crippen molar-refractivity contribution >= 4 is 23.5 Å². The lowest BCUT2D eigenvalue weighted by molar-refractivity contribution is -0.184. The molecule has 0 radical (unpaired) electrons. The summed E-state index contributed by atoms with van der Waals surface area (Å²) in [4.78, 5) is 29.3. The Morgan fingerprint density at radius 1 is 1.38 bits per heavy atom. The number of halogens is 2. The molecule has 32 heavy (non-hydrogen) atoms. The second-order valence-corrected chi connectivity index (χ2v) is 8.02. The predicted molar refractivity (Wildman–Crippen MR) is 108 cm³/mol. The first-order valence-electron chi connectivity index (χ1n) is 10.1. The number of amides is 2. The zero-order valence-corrected chi connectivity index (χ0v) is 17.1. The molecule has 3 aliphatic heterocycles. The van der Waals surface area contributed by atoms with Gasteiger partial charge in [0.25, 0.3) is 6.43 Å². The number of imidazole rings is 1. The van der Waals surface area contributed by atoms with E-state index in [1.54, 1.807) is 35.9 Å². The van der Waals surface area contributed by atoms with Crippen molar-refractivity contribution in [3.8, 4) is 17.1 Å². The Kier molecular flexibility index (Phi) is 4.69. The number of anilines is 2. The lowest BCUT2D eigenvalue weighted by atomic mass is 9.92. The highest BCUT2D eigenvalue weighted by Gasteiger charge is 2.63. The number of carbonyl (C=O) groups is 2. The molecule has 3 N–H and O–H groups in total. The summed E-state index contributed by atoms with van der Waals surface area (Å²) in [6, 6.07) is 3.13. The number of nitrogens with zero attached hydrogens (tertiary/aromatic N) is 3. The number of rotatable bonds is 5. The highest BCUT2D eigenvalue weighted by atomic mass is 19.3. The maximum atomic E-state index is 13.9. The van der Waals surface area contributed by atoms with E-state index in [0.717, 1.165) is 4.90 Å². The van der Waals surface area contributed by atoms with Crippen molar-refractivity contribution < 1.29 is 32.6 Å². The fourth-order valence-corrected chi connectivity index (χ4v) is 4.14. The van der Waals surface area contributed by atoms with E-state index in [2.05, 4.69) is 10.3 Å². The Balaban J connectivity index is 1.50. The smallest absolute Gasteiger partial charge is 0.416 e. The maximum Gasteiger partial charge on any atom is 0.416 e. The van der Waals surface area contributed by atoms with Gasteiger partial charge in [0.1, 0.15) is 30.3 Å². The molecule has 0 saturated carbocycles. The van der Waals surface area contributed by atoms with Crippen molar-refractivity contribution in [3.63, 3.8) is 0 Å². The van der Waals surface area contributed by atoms with Gasteiger partial charge in [-0.1, -0.05) is 0 Å². The van der Waals surface area contributed by atoms with E-state index in [-0.39, 0.29) is 19.0 Å². The number of fused-ring (bicyclic) bond motifs is 3. The van der Waals surface area contributed by atoms with Crippen LogP contribution in [0.2, 0.25) is 0 Å². The van der Waals surface area contributed by atoms with E-state index in [1.807, 2.05) is 0 Å². The molecule has 4 heterocycles. The molecule has 1 aromatic carbocycles. The first kappa shape index (κ1) is 20.5. The minimum absolute atomic E-state index is 0.0754. The van der Waals surface area contributed by atoms with E-state index >= 15 is 0 Å². The SMILES string of the molecule is C[C@H](Nc1ccc2c(c1)OCCn1cc(N3C(=O)OC4(COC4)C3C(F)F)nc1-2)C(N)=O. The minimum atomic E-state index is -2.83. The quantitative estimate of drug-likeness (QED) is 0.711. The van der Waals surface area contributed by atoms with Gasteiger partial charge < -0.3 is 29.8 Å². The van der Waals surface area contributed by atoms with E-state index in [4.69, 9.17) is 19.9 Å². The van der Waals surface area contributed by atoms with Crippen molar-refractivity contribution in [2.75, 3.05) is 30.0 Å². The van der Waals surface area contributed by atoms with Gasteiger partial charge in [-0.15, -0.1) is 0 Å². The summed E-state index contributed by atoms with van der Waals surface area (Å²) in [5.41, 5.74) is 5.19. The summed E-state index contributed by atoms with van der Waals surface area (Å²) in [5.74, 6) is 0.549. The average Bonchev–Trinajstić information content (AvgIpc) is 3.21. The topological polar surface area (TPSA) is 121 Å². The van der Waals surface area contributed by atoms with Gasteiger partial charge in [0, 0.05) is 18.0 Å². The summed E-state index contributed by atoms with van der Waals surface area (Å²) in [7, 11) is 0. The van der Waals surface area contributed by atoms with Crippen molar-refractivity contribution in [2.24, 2.45) is 5.73 Å². The molecule has 2 atom stereocenters. The van der Waals surface area contributed by atoms with Gasteiger partial charge in [0.05, 0.1) is 25.3 Å². The number of aromatic nitrogens is 2. The van der Waals surface area contributed by atoms with Gasteiger partial charge in [-0.05, 0) is 19.1 Å². The number of nitrogens with two attached hydrogens (primary N) is 1. The lowest BCUT2D eigenvalue weighted by Crippen LogP contribution is -2.61. The van der Waals surface area contributed by atoms with Gasteiger partial charge in [-0.3, -0.25) is 4.79 Å². The van der Waals surface area contributed by atoms with E-state index in [0.29, 0.717) is 36.0 Å². The zero-order valence-electron chi connectivity index (χ0n) is 17.1. The van der Waals surface area contributed by atoms with Crippen LogP contribution in [0.4, 0.5) is 25.1 Å². The van der Waals surface area contributed by atoms with Crippen LogP contribution < -0.4 is 20.7 Å². The van der Waals surface area contributed by atoms with Crippen LogP contribution in [0.15, 0.2) is 24.4 Å². The van der Waals surface area contributed by atoms with Gasteiger partial charge in [0.15, 0.2) is 11.4 Å². The Morgan fingerprint density at radius 3 is 2.81 bits per heavy atom. The van der Waals surface area contributed by atoms with Crippen molar-refractivity contribution in [1.82, 2.24) is 9.55 Å². The summed E-state index contributed by atoms with van der Waals surface area (Å²) in [6.07, 6.45) is -2.16. The molecule has 1 aromatic heterocycles. The molecular weight excluding hydrogens is 428 g/mol. The number of nitrogens with one attached hydrogen (secondary N) is 1. The van der Waals surface area contributed by atoms with Crippen LogP contribution in [0.25, 0.3) is 11.4 Å². The first-order chi connectivity index (χ1) is 15.3. The molecule has 2 fully saturated rings. The molecular formula is C20H21F2N5O5. The second-order valence-electron chi connectivity index (χ2n) is 8.02. The second kappa shape index (κ2) is 7.33. The fraction of sp³-hybridized carbons (Fsp3) is 0.450.